The van der Waals surface area contributed by atoms with E-state index in [1.54, 1.807) is 12.1 Å². The van der Waals surface area contributed by atoms with Crippen LogP contribution in [0.5, 0.6) is 0 Å². The summed E-state index contributed by atoms with van der Waals surface area (Å²) in [5, 5.41) is 8.11. The fraction of sp³-hybridized carbons (Fsp3) is 0.231. The summed E-state index contributed by atoms with van der Waals surface area (Å²) in [5.41, 5.74) is 8.10. The van der Waals surface area contributed by atoms with E-state index >= 15 is 0 Å². The molecule has 3 aromatic rings. The minimum atomic E-state index is 0.260. The summed E-state index contributed by atoms with van der Waals surface area (Å²) < 4.78 is 9.28. The molecule has 3 rings (SSSR count). The van der Waals surface area contributed by atoms with Gasteiger partial charge in [0.05, 0.1) is 5.69 Å². The summed E-state index contributed by atoms with van der Waals surface area (Å²) >= 11 is 1.26. The maximum atomic E-state index is 5.66. The van der Waals surface area contributed by atoms with E-state index in [0.29, 0.717) is 17.4 Å². The Morgan fingerprint density at radius 3 is 2.65 bits per heavy atom. The van der Waals surface area contributed by atoms with Crippen LogP contribution >= 0.6 is 11.5 Å². The van der Waals surface area contributed by atoms with Gasteiger partial charge in [-0.1, -0.05) is 23.5 Å². The molecule has 20 heavy (non-hydrogen) atoms. The van der Waals surface area contributed by atoms with Crippen molar-refractivity contribution in [3.05, 3.63) is 30.0 Å². The van der Waals surface area contributed by atoms with Crippen molar-refractivity contribution in [2.24, 2.45) is 0 Å². The Balaban J connectivity index is 1.98. The lowest BCUT2D eigenvalue weighted by Crippen LogP contribution is -1.90. The highest BCUT2D eigenvalue weighted by Gasteiger charge is 2.19. The second kappa shape index (κ2) is 5.01. The Morgan fingerprint density at radius 2 is 1.95 bits per heavy atom. The van der Waals surface area contributed by atoms with Gasteiger partial charge in [-0.15, -0.1) is 5.10 Å². The molecule has 1 aromatic carbocycles. The van der Waals surface area contributed by atoms with Crippen LogP contribution in [0, 0.1) is 0 Å². The van der Waals surface area contributed by atoms with Crippen LogP contribution in [0.15, 0.2) is 28.8 Å². The molecule has 0 aliphatic heterocycles. The summed E-state index contributed by atoms with van der Waals surface area (Å²) in [4.78, 5) is 5.24. The van der Waals surface area contributed by atoms with E-state index < -0.39 is 0 Å². The summed E-state index contributed by atoms with van der Waals surface area (Å²) in [5.74, 6) is 1.24. The highest BCUT2D eigenvalue weighted by atomic mass is 32.1. The predicted molar refractivity (Wildman–Crippen MR) is 77.1 cm³/mol. The van der Waals surface area contributed by atoms with E-state index in [2.05, 4.69) is 33.6 Å². The zero-order chi connectivity index (χ0) is 14.1. The third-order valence-corrected chi connectivity index (χ3v) is 3.58. The molecule has 0 saturated heterocycles. The molecule has 0 atom stereocenters. The Labute approximate surface area is 119 Å². The molecule has 0 aliphatic carbocycles. The van der Waals surface area contributed by atoms with Gasteiger partial charge in [0.25, 0.3) is 5.89 Å². The van der Waals surface area contributed by atoms with Crippen LogP contribution in [0.3, 0.4) is 0 Å². The van der Waals surface area contributed by atoms with Gasteiger partial charge >= 0.3 is 0 Å². The van der Waals surface area contributed by atoms with Gasteiger partial charge in [-0.25, -0.2) is 0 Å². The molecule has 6 nitrogen and oxygen atoms in total. The standard InChI is InChI=1S/C13H13N5OS/c1-7(2)10-11(20-18-16-10)13-15-12(17-19-13)8-3-5-9(14)6-4-8/h3-7H,14H2,1-2H3. The quantitative estimate of drug-likeness (QED) is 0.745. The van der Waals surface area contributed by atoms with Crippen LogP contribution in [0.4, 0.5) is 5.69 Å². The van der Waals surface area contributed by atoms with E-state index in [-0.39, 0.29) is 5.92 Å². The van der Waals surface area contributed by atoms with E-state index in [1.807, 2.05) is 12.1 Å². The maximum absolute atomic E-state index is 5.66. The summed E-state index contributed by atoms with van der Waals surface area (Å²) in [6.07, 6.45) is 0. The van der Waals surface area contributed by atoms with Crippen molar-refractivity contribution in [1.29, 1.82) is 0 Å². The van der Waals surface area contributed by atoms with Gasteiger partial charge in [-0.05, 0) is 41.7 Å². The highest BCUT2D eigenvalue weighted by Crippen LogP contribution is 2.30. The number of aromatic nitrogens is 4. The Morgan fingerprint density at radius 1 is 1.20 bits per heavy atom. The minimum absolute atomic E-state index is 0.260. The first kappa shape index (κ1) is 12.7. The fourth-order valence-corrected chi connectivity index (χ4v) is 2.53. The SMILES string of the molecule is CC(C)c1nnsc1-c1nc(-c2ccc(N)cc2)no1. The lowest BCUT2D eigenvalue weighted by atomic mass is 10.1. The first-order valence-corrected chi connectivity index (χ1v) is 6.94. The molecule has 102 valence electrons. The lowest BCUT2D eigenvalue weighted by Gasteiger charge is -1.98. The first-order chi connectivity index (χ1) is 9.65. The normalized spacial score (nSPS) is 11.2. The number of hydrogen-bond donors (Lipinski definition) is 1. The van der Waals surface area contributed by atoms with Crippen molar-refractivity contribution in [3.63, 3.8) is 0 Å². The maximum Gasteiger partial charge on any atom is 0.271 e. The zero-order valence-corrected chi connectivity index (χ0v) is 11.9. The Hall–Kier alpha value is -2.28. The molecule has 2 heterocycles. The molecular formula is C13H13N5OS. The van der Waals surface area contributed by atoms with E-state index in [0.717, 1.165) is 16.1 Å². The van der Waals surface area contributed by atoms with Crippen molar-refractivity contribution in [2.45, 2.75) is 19.8 Å². The topological polar surface area (TPSA) is 90.7 Å². The van der Waals surface area contributed by atoms with Crippen molar-refractivity contribution in [3.8, 4) is 22.2 Å². The molecule has 0 radical (unpaired) electrons. The van der Waals surface area contributed by atoms with Gasteiger partial charge in [0.1, 0.15) is 4.88 Å². The summed E-state index contributed by atoms with van der Waals surface area (Å²) in [7, 11) is 0. The molecule has 7 heteroatoms. The van der Waals surface area contributed by atoms with E-state index in [1.165, 1.54) is 11.5 Å². The predicted octanol–water partition coefficient (Wildman–Crippen LogP) is 2.96. The molecule has 0 amide bonds. The molecule has 2 N–H and O–H groups in total. The van der Waals surface area contributed by atoms with Crippen LogP contribution in [0.25, 0.3) is 22.2 Å². The molecule has 0 bridgehead atoms. The van der Waals surface area contributed by atoms with Crippen LogP contribution in [0.2, 0.25) is 0 Å². The van der Waals surface area contributed by atoms with E-state index in [9.17, 15) is 0 Å². The summed E-state index contributed by atoms with van der Waals surface area (Å²) in [6.45, 7) is 4.11. The fourth-order valence-electron chi connectivity index (χ4n) is 1.79. The van der Waals surface area contributed by atoms with Gasteiger partial charge in [-0.2, -0.15) is 4.98 Å². The average molecular weight is 287 g/mol. The number of anilines is 1. The Bertz CT molecular complexity index is 716. The van der Waals surface area contributed by atoms with Crippen molar-refractivity contribution < 1.29 is 4.52 Å². The van der Waals surface area contributed by atoms with Crippen molar-refractivity contribution in [2.75, 3.05) is 5.73 Å². The molecule has 0 fully saturated rings. The molecular weight excluding hydrogens is 274 g/mol. The van der Waals surface area contributed by atoms with Gasteiger partial charge in [0, 0.05) is 11.3 Å². The molecule has 0 unspecified atom stereocenters. The highest BCUT2D eigenvalue weighted by molar-refractivity contribution is 7.09. The molecule has 0 aliphatic rings. The molecule has 2 aromatic heterocycles. The first-order valence-electron chi connectivity index (χ1n) is 6.17. The van der Waals surface area contributed by atoms with Gasteiger partial charge in [0.2, 0.25) is 5.82 Å². The number of hydrogen-bond acceptors (Lipinski definition) is 7. The number of nitrogens with two attached hydrogens (primary N) is 1. The third-order valence-electron chi connectivity index (χ3n) is 2.85. The number of rotatable bonds is 3. The van der Waals surface area contributed by atoms with E-state index in [4.69, 9.17) is 10.3 Å². The van der Waals surface area contributed by atoms with Crippen LogP contribution < -0.4 is 5.73 Å². The second-order valence-corrected chi connectivity index (χ2v) is 5.44. The lowest BCUT2D eigenvalue weighted by molar-refractivity contribution is 0.432. The number of nitrogen functional groups attached to an aromatic ring is 1. The Kier molecular flexibility index (Phi) is 3.19. The summed E-state index contributed by atoms with van der Waals surface area (Å²) in [6, 6.07) is 7.33. The number of nitrogens with zero attached hydrogens (tertiary/aromatic N) is 4. The van der Waals surface area contributed by atoms with Crippen LogP contribution in [-0.4, -0.2) is 19.7 Å². The van der Waals surface area contributed by atoms with Crippen LogP contribution in [-0.2, 0) is 0 Å². The smallest absolute Gasteiger partial charge is 0.271 e. The monoisotopic (exact) mass is 287 g/mol. The van der Waals surface area contributed by atoms with Gasteiger partial charge in [-0.3, -0.25) is 0 Å². The second-order valence-electron chi connectivity index (χ2n) is 4.69. The van der Waals surface area contributed by atoms with Crippen LogP contribution in [0.1, 0.15) is 25.5 Å². The average Bonchev–Trinajstić information content (AvgIpc) is 3.08. The van der Waals surface area contributed by atoms with Crippen molar-refractivity contribution in [1.82, 2.24) is 19.7 Å². The largest absolute Gasteiger partial charge is 0.399 e. The molecule has 0 saturated carbocycles. The minimum Gasteiger partial charge on any atom is -0.399 e. The van der Waals surface area contributed by atoms with Gasteiger partial charge in [0.15, 0.2) is 0 Å². The molecule has 0 spiro atoms. The van der Waals surface area contributed by atoms with Gasteiger partial charge < -0.3 is 10.3 Å². The third kappa shape index (κ3) is 2.27. The van der Waals surface area contributed by atoms with Crippen molar-refractivity contribution >= 4 is 17.2 Å². The number of benzene rings is 1. The zero-order valence-electron chi connectivity index (χ0n) is 11.1.